The van der Waals surface area contributed by atoms with Crippen molar-refractivity contribution in [2.75, 3.05) is 16.4 Å². The molecule has 3 heterocycles. The number of pyridine rings is 1. The third-order valence-electron chi connectivity index (χ3n) is 5.35. The summed E-state index contributed by atoms with van der Waals surface area (Å²) < 4.78 is 42.6. The Labute approximate surface area is 205 Å². The van der Waals surface area contributed by atoms with Gasteiger partial charge in [-0.1, -0.05) is 5.21 Å². The molecule has 14 heteroatoms. The van der Waals surface area contributed by atoms with Gasteiger partial charge in [0, 0.05) is 23.6 Å². The zero-order valence-corrected chi connectivity index (χ0v) is 18.6. The SMILES string of the molecule is Nc1ncnc2c1c(=O)ccn2-c1ccc(NC(=O)Nc2cc(C(F)(F)F)ccc2-n2ccnn2)cc1. The van der Waals surface area contributed by atoms with Crippen molar-refractivity contribution in [3.8, 4) is 11.4 Å². The first kappa shape index (κ1) is 23.5. The molecule has 0 spiro atoms. The maximum atomic E-state index is 13.2. The molecule has 3 aromatic heterocycles. The topological polar surface area (TPSA) is 146 Å². The average Bonchev–Trinajstić information content (AvgIpc) is 3.39. The summed E-state index contributed by atoms with van der Waals surface area (Å²) >= 11 is 0. The van der Waals surface area contributed by atoms with Crippen LogP contribution in [0.25, 0.3) is 22.4 Å². The highest BCUT2D eigenvalue weighted by Crippen LogP contribution is 2.33. The summed E-state index contributed by atoms with van der Waals surface area (Å²) in [7, 11) is 0. The minimum atomic E-state index is -4.61. The Balaban J connectivity index is 1.39. The molecule has 0 aliphatic rings. The number of halogens is 3. The molecule has 0 saturated carbocycles. The van der Waals surface area contributed by atoms with Crippen LogP contribution < -0.4 is 21.8 Å². The first-order valence-corrected chi connectivity index (χ1v) is 10.6. The molecule has 5 rings (SSSR count). The first-order valence-electron chi connectivity index (χ1n) is 10.6. The van der Waals surface area contributed by atoms with E-state index in [1.165, 1.54) is 41.7 Å². The second-order valence-electron chi connectivity index (χ2n) is 7.71. The summed E-state index contributed by atoms with van der Waals surface area (Å²) in [4.78, 5) is 32.8. The minimum Gasteiger partial charge on any atom is -0.383 e. The number of nitrogens with one attached hydrogen (secondary N) is 2. The Kier molecular flexibility index (Phi) is 5.75. The quantitative estimate of drug-likeness (QED) is 0.337. The predicted octanol–water partition coefficient (Wildman–Crippen LogP) is 3.61. The molecule has 37 heavy (non-hydrogen) atoms. The highest BCUT2D eigenvalue weighted by molar-refractivity contribution is 6.01. The molecular weight excluding hydrogens is 491 g/mol. The summed E-state index contributed by atoms with van der Waals surface area (Å²) in [6.07, 6.45) is 0.963. The number of urea groups is 1. The maximum absolute atomic E-state index is 13.2. The molecule has 0 saturated heterocycles. The molecule has 0 unspecified atom stereocenters. The number of amides is 2. The molecule has 2 aromatic carbocycles. The van der Waals surface area contributed by atoms with E-state index in [1.54, 1.807) is 28.8 Å². The molecule has 0 fully saturated rings. The Morgan fingerprint density at radius 2 is 1.76 bits per heavy atom. The lowest BCUT2D eigenvalue weighted by Gasteiger charge is -2.15. The number of rotatable bonds is 4. The van der Waals surface area contributed by atoms with Crippen molar-refractivity contribution in [3.63, 3.8) is 0 Å². The zero-order chi connectivity index (χ0) is 26.2. The lowest BCUT2D eigenvalue weighted by atomic mass is 10.1. The second-order valence-corrected chi connectivity index (χ2v) is 7.71. The molecule has 0 aliphatic heterocycles. The van der Waals surface area contributed by atoms with Gasteiger partial charge in [-0.2, -0.15) is 13.2 Å². The highest BCUT2D eigenvalue weighted by Gasteiger charge is 2.31. The number of aromatic nitrogens is 6. The number of alkyl halides is 3. The van der Waals surface area contributed by atoms with Crippen LogP contribution in [-0.4, -0.2) is 35.6 Å². The van der Waals surface area contributed by atoms with Crippen LogP contribution in [0.3, 0.4) is 0 Å². The Morgan fingerprint density at radius 1 is 0.973 bits per heavy atom. The van der Waals surface area contributed by atoms with E-state index in [1.807, 2.05) is 0 Å². The summed E-state index contributed by atoms with van der Waals surface area (Å²) in [5, 5.41) is 12.6. The van der Waals surface area contributed by atoms with Gasteiger partial charge in [-0.25, -0.2) is 19.4 Å². The van der Waals surface area contributed by atoms with Crippen LogP contribution in [0, 0.1) is 0 Å². The molecule has 11 nitrogen and oxygen atoms in total. The van der Waals surface area contributed by atoms with Crippen LogP contribution >= 0.6 is 0 Å². The Morgan fingerprint density at radius 3 is 2.46 bits per heavy atom. The van der Waals surface area contributed by atoms with E-state index in [0.717, 1.165) is 12.1 Å². The number of anilines is 3. The van der Waals surface area contributed by atoms with E-state index in [4.69, 9.17) is 5.73 Å². The predicted molar refractivity (Wildman–Crippen MR) is 129 cm³/mol. The maximum Gasteiger partial charge on any atom is 0.416 e. The van der Waals surface area contributed by atoms with Gasteiger partial charge in [-0.05, 0) is 42.5 Å². The number of nitrogens with two attached hydrogens (primary N) is 1. The van der Waals surface area contributed by atoms with Crippen molar-refractivity contribution < 1.29 is 18.0 Å². The molecule has 0 bridgehead atoms. The number of benzene rings is 2. The third kappa shape index (κ3) is 4.67. The van der Waals surface area contributed by atoms with Crippen LogP contribution in [0.1, 0.15) is 5.56 Å². The molecule has 186 valence electrons. The first-order chi connectivity index (χ1) is 17.7. The highest BCUT2D eigenvalue weighted by atomic mass is 19.4. The van der Waals surface area contributed by atoms with Gasteiger partial charge in [-0.15, -0.1) is 5.10 Å². The summed E-state index contributed by atoms with van der Waals surface area (Å²) in [6, 6.07) is 9.92. The van der Waals surface area contributed by atoms with E-state index in [0.29, 0.717) is 17.0 Å². The lowest BCUT2D eigenvalue weighted by Crippen LogP contribution is -2.21. The minimum absolute atomic E-state index is 0.0548. The van der Waals surface area contributed by atoms with Crippen LogP contribution in [-0.2, 0) is 6.18 Å². The van der Waals surface area contributed by atoms with E-state index in [9.17, 15) is 22.8 Å². The van der Waals surface area contributed by atoms with Gasteiger partial charge in [0.1, 0.15) is 17.5 Å². The average molecular weight is 507 g/mol. The van der Waals surface area contributed by atoms with Crippen LogP contribution in [0.4, 0.5) is 35.2 Å². The fraction of sp³-hybridized carbons (Fsp3) is 0.0435. The molecule has 4 N–H and O–H groups in total. The molecule has 0 atom stereocenters. The number of nitrogens with zero attached hydrogens (tertiary/aromatic N) is 6. The van der Waals surface area contributed by atoms with E-state index >= 15 is 0 Å². The van der Waals surface area contributed by atoms with Crippen molar-refractivity contribution in [2.45, 2.75) is 6.18 Å². The van der Waals surface area contributed by atoms with Gasteiger partial charge in [-0.3, -0.25) is 4.79 Å². The molecular formula is C23H16F3N9O2. The van der Waals surface area contributed by atoms with Gasteiger partial charge in [0.15, 0.2) is 11.1 Å². The van der Waals surface area contributed by atoms with E-state index in [2.05, 4.69) is 30.9 Å². The van der Waals surface area contributed by atoms with Gasteiger partial charge < -0.3 is 20.9 Å². The largest absolute Gasteiger partial charge is 0.416 e. The summed E-state index contributed by atoms with van der Waals surface area (Å²) in [5.41, 5.74) is 5.93. The fourth-order valence-corrected chi connectivity index (χ4v) is 3.65. The van der Waals surface area contributed by atoms with Crippen molar-refractivity contribution in [1.82, 2.24) is 29.5 Å². The monoisotopic (exact) mass is 507 g/mol. The number of fused-ring (bicyclic) bond motifs is 1. The normalized spacial score (nSPS) is 11.4. The van der Waals surface area contributed by atoms with Crippen LogP contribution in [0.5, 0.6) is 0 Å². The fourth-order valence-electron chi connectivity index (χ4n) is 3.65. The van der Waals surface area contributed by atoms with Crippen LogP contribution in [0.2, 0.25) is 0 Å². The Bertz CT molecular complexity index is 1660. The van der Waals surface area contributed by atoms with Gasteiger partial charge >= 0.3 is 12.2 Å². The second kappa shape index (κ2) is 9.07. The summed E-state index contributed by atoms with van der Waals surface area (Å²) in [5.74, 6) is 0.0548. The molecule has 0 aliphatic carbocycles. The van der Waals surface area contributed by atoms with Crippen molar-refractivity contribution in [1.29, 1.82) is 0 Å². The van der Waals surface area contributed by atoms with Crippen LogP contribution in [0.15, 0.2) is 78.2 Å². The van der Waals surface area contributed by atoms with Gasteiger partial charge in [0.2, 0.25) is 0 Å². The number of carbonyl (C=O) groups is 1. The smallest absolute Gasteiger partial charge is 0.383 e. The van der Waals surface area contributed by atoms with Crippen molar-refractivity contribution in [3.05, 3.63) is 89.2 Å². The number of carbonyl (C=O) groups excluding carboxylic acids is 1. The number of hydrogen-bond donors (Lipinski definition) is 3. The zero-order valence-electron chi connectivity index (χ0n) is 18.6. The van der Waals surface area contributed by atoms with E-state index < -0.39 is 17.8 Å². The van der Waals surface area contributed by atoms with Gasteiger partial charge in [0.25, 0.3) is 0 Å². The third-order valence-corrected chi connectivity index (χ3v) is 5.35. The van der Waals surface area contributed by atoms with Gasteiger partial charge in [0.05, 0.1) is 29.3 Å². The Hall–Kier alpha value is -5.27. The van der Waals surface area contributed by atoms with Crippen molar-refractivity contribution >= 4 is 34.3 Å². The molecule has 5 aromatic rings. The summed E-state index contributed by atoms with van der Waals surface area (Å²) in [6.45, 7) is 0. The number of hydrogen-bond acceptors (Lipinski definition) is 7. The lowest BCUT2D eigenvalue weighted by molar-refractivity contribution is -0.137. The number of nitrogen functional groups attached to an aromatic ring is 1. The molecule has 0 radical (unpaired) electrons. The standard InChI is InChI=1S/C23H16F3N9O2/c24-23(25,26)13-1-6-17(35-10-8-30-33-35)16(11-13)32-22(37)31-14-2-4-15(5-3-14)34-9-7-18(36)19-20(27)28-12-29-21(19)34/h1-12H,(H2,27,28,29)(H2,31,32,37). The van der Waals surface area contributed by atoms with Crippen molar-refractivity contribution in [2.24, 2.45) is 0 Å². The molecule has 2 amide bonds. The van der Waals surface area contributed by atoms with E-state index in [-0.39, 0.29) is 28.0 Å².